The van der Waals surface area contributed by atoms with Crippen LogP contribution in [0.4, 0.5) is 16.5 Å². The summed E-state index contributed by atoms with van der Waals surface area (Å²) in [5.74, 6) is 1.95. The maximum atomic E-state index is 12.7. The van der Waals surface area contributed by atoms with E-state index in [-0.39, 0.29) is 12.0 Å². The number of nitrogens with one attached hydrogen (secondary N) is 2. The van der Waals surface area contributed by atoms with Crippen LogP contribution in [0, 0.1) is 23.2 Å². The molecule has 1 saturated heterocycles. The topological polar surface area (TPSA) is 127 Å². The number of aromatic amines is 1. The third kappa shape index (κ3) is 3.16. The Morgan fingerprint density at radius 3 is 2.84 bits per heavy atom. The minimum atomic E-state index is -0.176. The molecule has 6 rings (SSSR count). The molecule has 10 heteroatoms. The first-order chi connectivity index (χ1) is 15.6. The summed E-state index contributed by atoms with van der Waals surface area (Å²) in [6, 6.07) is 4.59. The van der Waals surface area contributed by atoms with Gasteiger partial charge < -0.3 is 19.3 Å². The summed E-state index contributed by atoms with van der Waals surface area (Å²) in [7, 11) is 2.06. The predicted molar refractivity (Wildman–Crippen MR) is 116 cm³/mol. The van der Waals surface area contributed by atoms with Crippen molar-refractivity contribution < 1.29 is 9.32 Å². The van der Waals surface area contributed by atoms with E-state index in [1.54, 1.807) is 6.20 Å². The number of pyridine rings is 1. The summed E-state index contributed by atoms with van der Waals surface area (Å²) in [6.45, 7) is 1.43. The number of urea groups is 1. The highest BCUT2D eigenvalue weighted by Gasteiger charge is 2.44. The van der Waals surface area contributed by atoms with Crippen molar-refractivity contribution in [1.82, 2.24) is 25.0 Å². The normalized spacial score (nSPS) is 24.5. The number of nitrogens with zero attached hydrogens (tertiary/aromatic N) is 6. The van der Waals surface area contributed by atoms with Crippen LogP contribution >= 0.6 is 0 Å². The van der Waals surface area contributed by atoms with Gasteiger partial charge in [-0.2, -0.15) is 10.2 Å². The molecule has 4 heterocycles. The van der Waals surface area contributed by atoms with E-state index in [1.165, 1.54) is 0 Å². The van der Waals surface area contributed by atoms with Gasteiger partial charge in [0.15, 0.2) is 5.82 Å². The summed E-state index contributed by atoms with van der Waals surface area (Å²) in [4.78, 5) is 28.6. The molecule has 3 atom stereocenters. The molecule has 32 heavy (non-hydrogen) atoms. The molecule has 2 amide bonds. The molecule has 2 saturated carbocycles. The Hall–Kier alpha value is -3.61. The second-order valence-electron chi connectivity index (χ2n) is 9.20. The molecule has 10 nitrogen and oxygen atoms in total. The van der Waals surface area contributed by atoms with Gasteiger partial charge in [0, 0.05) is 49.9 Å². The highest BCUT2D eigenvalue weighted by Crippen LogP contribution is 2.43. The van der Waals surface area contributed by atoms with Crippen LogP contribution in [0.2, 0.25) is 0 Å². The van der Waals surface area contributed by atoms with E-state index in [0.717, 1.165) is 42.4 Å². The van der Waals surface area contributed by atoms with Crippen LogP contribution in [-0.2, 0) is 0 Å². The fourth-order valence-corrected chi connectivity index (χ4v) is 5.35. The van der Waals surface area contributed by atoms with E-state index in [0.29, 0.717) is 48.3 Å². The number of hydrogen-bond donors (Lipinski definition) is 2. The van der Waals surface area contributed by atoms with Gasteiger partial charge in [-0.25, -0.2) is 9.78 Å². The Balaban J connectivity index is 1.12. The predicted octanol–water partition coefficient (Wildman–Crippen LogP) is 3.07. The first-order valence-electron chi connectivity index (χ1n) is 11.1. The third-order valence-electron chi connectivity index (χ3n) is 7.19. The van der Waals surface area contributed by atoms with Crippen LogP contribution in [0.25, 0.3) is 11.0 Å². The van der Waals surface area contributed by atoms with Crippen molar-refractivity contribution in [2.75, 3.05) is 30.4 Å². The summed E-state index contributed by atoms with van der Waals surface area (Å²) < 4.78 is 5.18. The number of nitriles is 1. The van der Waals surface area contributed by atoms with Gasteiger partial charge in [0.1, 0.15) is 11.7 Å². The van der Waals surface area contributed by atoms with Gasteiger partial charge in [-0.3, -0.25) is 5.32 Å². The van der Waals surface area contributed by atoms with E-state index in [2.05, 4.69) is 43.4 Å². The van der Waals surface area contributed by atoms with E-state index in [1.807, 2.05) is 17.2 Å². The molecule has 0 bridgehead atoms. The number of anilines is 2. The lowest BCUT2D eigenvalue weighted by molar-refractivity contribution is 0.217. The molecule has 3 fully saturated rings. The smallest absolute Gasteiger partial charge is 0.329 e. The lowest BCUT2D eigenvalue weighted by Gasteiger charge is -2.29. The SMILES string of the molecule is CN(c1c(C#N)cnc2[nH]ccc12)[C@H]1C[C@@H]2CN(C(=O)Nc3nc(C4CC4)no3)C[C@@H]2C1. The van der Waals surface area contributed by atoms with Crippen molar-refractivity contribution in [3.05, 3.63) is 29.8 Å². The van der Waals surface area contributed by atoms with Crippen molar-refractivity contribution in [2.24, 2.45) is 11.8 Å². The number of hydrogen-bond acceptors (Lipinski definition) is 7. The van der Waals surface area contributed by atoms with Crippen LogP contribution in [0.1, 0.15) is 43.0 Å². The highest BCUT2D eigenvalue weighted by atomic mass is 16.5. The quantitative estimate of drug-likeness (QED) is 0.648. The van der Waals surface area contributed by atoms with Crippen LogP contribution in [-0.4, -0.2) is 57.2 Å². The first kappa shape index (κ1) is 19.1. The van der Waals surface area contributed by atoms with Crippen LogP contribution < -0.4 is 10.2 Å². The minimum absolute atomic E-state index is 0.176. The number of amides is 2. The van der Waals surface area contributed by atoms with Crippen molar-refractivity contribution in [1.29, 1.82) is 5.26 Å². The molecular weight excluding hydrogens is 408 g/mol. The van der Waals surface area contributed by atoms with Crippen molar-refractivity contribution in [3.63, 3.8) is 0 Å². The number of H-pyrrole nitrogens is 1. The summed E-state index contributed by atoms with van der Waals surface area (Å²) >= 11 is 0. The molecule has 0 radical (unpaired) electrons. The zero-order valence-electron chi connectivity index (χ0n) is 17.8. The Morgan fingerprint density at radius 1 is 1.34 bits per heavy atom. The Bertz CT molecular complexity index is 1210. The third-order valence-corrected chi connectivity index (χ3v) is 7.19. The van der Waals surface area contributed by atoms with Gasteiger partial charge in [-0.05, 0) is 43.6 Å². The van der Waals surface area contributed by atoms with Gasteiger partial charge >= 0.3 is 12.0 Å². The Kier molecular flexibility index (Phi) is 4.31. The Labute approximate surface area is 184 Å². The second-order valence-corrected chi connectivity index (χ2v) is 9.20. The largest absolute Gasteiger partial charge is 0.370 e. The lowest BCUT2D eigenvalue weighted by Crippen LogP contribution is -2.36. The van der Waals surface area contributed by atoms with Crippen LogP contribution in [0.3, 0.4) is 0 Å². The molecule has 0 aromatic carbocycles. The van der Waals surface area contributed by atoms with Gasteiger partial charge in [0.25, 0.3) is 0 Å². The minimum Gasteiger partial charge on any atom is -0.370 e. The number of rotatable bonds is 4. The molecule has 3 aromatic heterocycles. The summed E-state index contributed by atoms with van der Waals surface area (Å²) in [6.07, 6.45) is 7.63. The monoisotopic (exact) mass is 432 g/mol. The number of carbonyl (C=O) groups excluding carboxylic acids is 1. The van der Waals surface area contributed by atoms with Gasteiger partial charge in [-0.1, -0.05) is 5.16 Å². The van der Waals surface area contributed by atoms with Gasteiger partial charge in [0.2, 0.25) is 0 Å². The number of carbonyl (C=O) groups is 1. The zero-order chi connectivity index (χ0) is 21.8. The van der Waals surface area contributed by atoms with E-state index in [9.17, 15) is 10.1 Å². The molecule has 1 aliphatic heterocycles. The van der Waals surface area contributed by atoms with E-state index < -0.39 is 0 Å². The number of likely N-dealkylation sites (tertiary alicyclic amines) is 1. The second kappa shape index (κ2) is 7.22. The molecule has 3 aromatic rings. The molecule has 0 spiro atoms. The van der Waals surface area contributed by atoms with Gasteiger partial charge in [0.05, 0.1) is 11.3 Å². The van der Waals surface area contributed by atoms with Crippen LogP contribution in [0.5, 0.6) is 0 Å². The molecule has 2 N–H and O–H groups in total. The molecular formula is C22H24N8O2. The fourth-order valence-electron chi connectivity index (χ4n) is 5.35. The number of fused-ring (bicyclic) bond motifs is 2. The van der Waals surface area contributed by atoms with Crippen LogP contribution in [0.15, 0.2) is 23.0 Å². The standard InChI is InChI=1S/C22H24N8O2/c1-29(18-15(8-23)9-25-20-17(18)4-5-24-20)16-6-13-10-30(11-14(13)7-16)22(31)27-21-26-19(28-32-21)12-2-3-12/h4-5,9,12-14,16H,2-3,6-7,10-11H2,1H3,(H,24,25)(H,26,27,28,31)/t13-,14+,16+. The summed E-state index contributed by atoms with van der Waals surface area (Å²) in [5, 5.41) is 17.3. The average Bonchev–Trinajstić information content (AvgIpc) is 3.17. The van der Waals surface area contributed by atoms with E-state index >= 15 is 0 Å². The summed E-state index contributed by atoms with van der Waals surface area (Å²) in [5.41, 5.74) is 2.31. The van der Waals surface area contributed by atoms with Crippen molar-refractivity contribution in [2.45, 2.75) is 37.6 Å². The average molecular weight is 432 g/mol. The molecule has 3 aliphatic rings. The van der Waals surface area contributed by atoms with Crippen molar-refractivity contribution in [3.8, 4) is 6.07 Å². The maximum Gasteiger partial charge on any atom is 0.329 e. The molecule has 164 valence electrons. The zero-order valence-corrected chi connectivity index (χ0v) is 17.8. The molecule has 2 aliphatic carbocycles. The number of aromatic nitrogens is 4. The van der Waals surface area contributed by atoms with Gasteiger partial charge in [-0.15, -0.1) is 0 Å². The fraction of sp³-hybridized carbons (Fsp3) is 0.500. The van der Waals surface area contributed by atoms with E-state index in [4.69, 9.17) is 4.52 Å². The lowest BCUT2D eigenvalue weighted by atomic mass is 10.0. The Morgan fingerprint density at radius 2 is 2.12 bits per heavy atom. The highest BCUT2D eigenvalue weighted by molar-refractivity contribution is 5.93. The first-order valence-corrected chi connectivity index (χ1v) is 11.1. The molecule has 0 unspecified atom stereocenters. The van der Waals surface area contributed by atoms with Crippen molar-refractivity contribution >= 4 is 28.8 Å². The maximum absolute atomic E-state index is 12.7.